The standard InChI is InChI=1S/C9H11NO3S/c1-12-9(11)7-4-10-8(14-7)6-2-3-13-5-6/h4,6H,2-3,5H2,1H3. The van der Waals surface area contributed by atoms with Crippen LogP contribution in [0.4, 0.5) is 0 Å². The highest BCUT2D eigenvalue weighted by atomic mass is 32.1. The van der Waals surface area contributed by atoms with E-state index in [4.69, 9.17) is 4.74 Å². The molecule has 0 radical (unpaired) electrons. The van der Waals surface area contributed by atoms with Crippen molar-refractivity contribution in [3.63, 3.8) is 0 Å². The number of thiazole rings is 1. The molecule has 0 aromatic carbocycles. The number of carbonyl (C=O) groups excluding carboxylic acids is 1. The highest BCUT2D eigenvalue weighted by Gasteiger charge is 2.22. The maximum absolute atomic E-state index is 11.2. The SMILES string of the molecule is COC(=O)c1cnc(C2CCOC2)s1. The zero-order valence-electron chi connectivity index (χ0n) is 7.86. The van der Waals surface area contributed by atoms with Gasteiger partial charge in [0.05, 0.1) is 24.9 Å². The van der Waals surface area contributed by atoms with Crippen LogP contribution in [0.1, 0.15) is 27.0 Å². The Kier molecular flexibility index (Phi) is 2.79. The minimum Gasteiger partial charge on any atom is -0.465 e. The van der Waals surface area contributed by atoms with Crippen molar-refractivity contribution in [1.82, 2.24) is 4.98 Å². The van der Waals surface area contributed by atoms with Gasteiger partial charge in [0.15, 0.2) is 0 Å². The lowest BCUT2D eigenvalue weighted by Crippen LogP contribution is -1.97. The molecule has 1 aliphatic rings. The molecule has 1 unspecified atom stereocenters. The highest BCUT2D eigenvalue weighted by Crippen LogP contribution is 2.28. The van der Waals surface area contributed by atoms with Crippen LogP contribution in [0.25, 0.3) is 0 Å². The third-order valence-electron chi connectivity index (χ3n) is 2.19. The lowest BCUT2D eigenvalue weighted by molar-refractivity contribution is 0.0606. The number of carbonyl (C=O) groups is 1. The Morgan fingerprint density at radius 3 is 3.29 bits per heavy atom. The summed E-state index contributed by atoms with van der Waals surface area (Å²) < 4.78 is 9.87. The number of hydrogen-bond donors (Lipinski definition) is 0. The Morgan fingerprint density at radius 2 is 2.64 bits per heavy atom. The normalized spacial score (nSPS) is 21.1. The molecule has 0 bridgehead atoms. The molecule has 0 N–H and O–H groups in total. The van der Waals surface area contributed by atoms with Gasteiger partial charge in [-0.2, -0.15) is 0 Å². The summed E-state index contributed by atoms with van der Waals surface area (Å²) in [6.45, 7) is 1.51. The molecule has 0 amide bonds. The minimum absolute atomic E-state index is 0.312. The molecule has 5 heteroatoms. The van der Waals surface area contributed by atoms with E-state index in [1.807, 2.05) is 0 Å². The molecule has 2 heterocycles. The first-order valence-electron chi connectivity index (χ1n) is 4.43. The second-order valence-electron chi connectivity index (χ2n) is 3.11. The summed E-state index contributed by atoms with van der Waals surface area (Å²) in [6, 6.07) is 0. The van der Waals surface area contributed by atoms with E-state index in [0.29, 0.717) is 17.4 Å². The molecule has 0 saturated carbocycles. The van der Waals surface area contributed by atoms with Crippen LogP contribution in [-0.4, -0.2) is 31.3 Å². The van der Waals surface area contributed by atoms with Gasteiger partial charge in [-0.3, -0.25) is 0 Å². The lowest BCUT2D eigenvalue weighted by atomic mass is 10.1. The number of esters is 1. The van der Waals surface area contributed by atoms with Crippen LogP contribution in [0.2, 0.25) is 0 Å². The smallest absolute Gasteiger partial charge is 0.349 e. The fraction of sp³-hybridized carbons (Fsp3) is 0.556. The lowest BCUT2D eigenvalue weighted by Gasteiger charge is -2.00. The summed E-state index contributed by atoms with van der Waals surface area (Å²) in [6.07, 6.45) is 2.57. The molecular weight excluding hydrogens is 202 g/mol. The number of rotatable bonds is 2. The van der Waals surface area contributed by atoms with Gasteiger partial charge in [-0.25, -0.2) is 9.78 Å². The molecule has 76 valence electrons. The Morgan fingerprint density at radius 1 is 1.79 bits per heavy atom. The number of nitrogens with zero attached hydrogens (tertiary/aromatic N) is 1. The summed E-state index contributed by atoms with van der Waals surface area (Å²) >= 11 is 1.40. The average molecular weight is 213 g/mol. The highest BCUT2D eigenvalue weighted by molar-refractivity contribution is 7.13. The van der Waals surface area contributed by atoms with Gasteiger partial charge < -0.3 is 9.47 Å². The van der Waals surface area contributed by atoms with Gasteiger partial charge in [0.2, 0.25) is 0 Å². The number of ether oxygens (including phenoxy) is 2. The minimum atomic E-state index is -0.312. The fourth-order valence-electron chi connectivity index (χ4n) is 1.40. The average Bonchev–Trinajstić information content (AvgIpc) is 2.86. The number of hydrogen-bond acceptors (Lipinski definition) is 5. The zero-order chi connectivity index (χ0) is 9.97. The summed E-state index contributed by atoms with van der Waals surface area (Å²) in [5.74, 6) is 0.0473. The van der Waals surface area contributed by atoms with E-state index in [-0.39, 0.29) is 5.97 Å². The molecule has 0 spiro atoms. The quantitative estimate of drug-likeness (QED) is 0.697. The van der Waals surface area contributed by atoms with Gasteiger partial charge in [0.25, 0.3) is 0 Å². The summed E-state index contributed by atoms with van der Waals surface area (Å²) in [5.41, 5.74) is 0. The molecular formula is C9H11NO3S. The first-order chi connectivity index (χ1) is 6.81. The van der Waals surface area contributed by atoms with E-state index in [9.17, 15) is 4.79 Å². The maximum atomic E-state index is 11.2. The molecule has 1 aliphatic heterocycles. The third-order valence-corrected chi connectivity index (χ3v) is 3.33. The molecule has 4 nitrogen and oxygen atoms in total. The molecule has 1 fully saturated rings. The van der Waals surface area contributed by atoms with E-state index in [2.05, 4.69) is 9.72 Å². The molecule has 14 heavy (non-hydrogen) atoms. The van der Waals surface area contributed by atoms with Crippen LogP contribution in [0.5, 0.6) is 0 Å². The van der Waals surface area contributed by atoms with E-state index in [1.165, 1.54) is 18.4 Å². The van der Waals surface area contributed by atoms with Crippen LogP contribution in [-0.2, 0) is 9.47 Å². The molecule has 2 rings (SSSR count). The number of methoxy groups -OCH3 is 1. The van der Waals surface area contributed by atoms with Crippen LogP contribution in [0.3, 0.4) is 0 Å². The fourth-order valence-corrected chi connectivity index (χ4v) is 2.36. The third kappa shape index (κ3) is 1.78. The van der Waals surface area contributed by atoms with Crippen molar-refractivity contribution in [2.24, 2.45) is 0 Å². The van der Waals surface area contributed by atoms with Gasteiger partial charge in [0, 0.05) is 12.5 Å². The largest absolute Gasteiger partial charge is 0.465 e. The van der Waals surface area contributed by atoms with E-state index < -0.39 is 0 Å². The van der Waals surface area contributed by atoms with Crippen molar-refractivity contribution in [2.45, 2.75) is 12.3 Å². The second kappa shape index (κ2) is 4.06. The maximum Gasteiger partial charge on any atom is 0.349 e. The Bertz CT molecular complexity index is 331. The van der Waals surface area contributed by atoms with Crippen molar-refractivity contribution < 1.29 is 14.3 Å². The van der Waals surface area contributed by atoms with Gasteiger partial charge >= 0.3 is 5.97 Å². The first kappa shape index (κ1) is 9.61. The molecule has 1 atom stereocenters. The molecule has 1 saturated heterocycles. The van der Waals surface area contributed by atoms with Crippen molar-refractivity contribution in [2.75, 3.05) is 20.3 Å². The van der Waals surface area contributed by atoms with Gasteiger partial charge in [-0.1, -0.05) is 0 Å². The molecule has 1 aromatic rings. The topological polar surface area (TPSA) is 48.4 Å². The molecule has 0 aliphatic carbocycles. The zero-order valence-corrected chi connectivity index (χ0v) is 8.67. The van der Waals surface area contributed by atoms with Crippen LogP contribution >= 0.6 is 11.3 Å². The molecule has 1 aromatic heterocycles. The summed E-state index contributed by atoms with van der Waals surface area (Å²) in [5, 5.41) is 0.975. The van der Waals surface area contributed by atoms with Gasteiger partial charge in [-0.15, -0.1) is 11.3 Å². The summed E-state index contributed by atoms with van der Waals surface area (Å²) in [7, 11) is 1.38. The van der Waals surface area contributed by atoms with Crippen LogP contribution in [0, 0.1) is 0 Å². The summed E-state index contributed by atoms with van der Waals surface area (Å²) in [4.78, 5) is 15.9. The van der Waals surface area contributed by atoms with Crippen LogP contribution in [0.15, 0.2) is 6.20 Å². The Hall–Kier alpha value is -0.940. The predicted molar refractivity (Wildman–Crippen MR) is 51.6 cm³/mol. The Balaban J connectivity index is 2.12. The second-order valence-corrected chi connectivity index (χ2v) is 4.18. The number of aromatic nitrogens is 1. The predicted octanol–water partition coefficient (Wildman–Crippen LogP) is 1.43. The van der Waals surface area contributed by atoms with Crippen molar-refractivity contribution >= 4 is 17.3 Å². The van der Waals surface area contributed by atoms with E-state index in [1.54, 1.807) is 6.20 Å². The monoisotopic (exact) mass is 213 g/mol. The van der Waals surface area contributed by atoms with E-state index >= 15 is 0 Å². The first-order valence-corrected chi connectivity index (χ1v) is 5.24. The van der Waals surface area contributed by atoms with Gasteiger partial charge in [0.1, 0.15) is 4.88 Å². The van der Waals surface area contributed by atoms with Crippen molar-refractivity contribution in [3.05, 3.63) is 16.1 Å². The van der Waals surface area contributed by atoms with Crippen molar-refractivity contribution in [3.8, 4) is 0 Å². The van der Waals surface area contributed by atoms with Crippen molar-refractivity contribution in [1.29, 1.82) is 0 Å². The van der Waals surface area contributed by atoms with Crippen LogP contribution < -0.4 is 0 Å². The van der Waals surface area contributed by atoms with Gasteiger partial charge in [-0.05, 0) is 6.42 Å². The Labute approximate surface area is 85.9 Å². The van der Waals surface area contributed by atoms with E-state index in [0.717, 1.165) is 18.0 Å².